The Kier molecular flexibility index (Phi) is 3.24. The Bertz CT molecular complexity index is 258. The summed E-state index contributed by atoms with van der Waals surface area (Å²) in [6.45, 7) is 1.82. The monoisotopic (exact) mass is 182 g/mol. The molecule has 1 unspecified atom stereocenters. The molecule has 1 aromatic carbocycles. The molecule has 0 amide bonds. The Morgan fingerprint density at radius 1 is 1.42 bits per heavy atom. The van der Waals surface area contributed by atoms with Crippen molar-refractivity contribution in [1.29, 1.82) is 0 Å². The lowest BCUT2D eigenvalue weighted by Gasteiger charge is -2.07. The first-order chi connectivity index (χ1) is 5.75. The molecule has 0 heterocycles. The number of carbonyl (C=O) groups excluding carboxylic acids is 1. The molecule has 1 aromatic rings. The zero-order valence-corrected chi connectivity index (χ0v) is 8.01. The highest BCUT2D eigenvalue weighted by molar-refractivity contribution is 7.10. The molecule has 0 N–H and O–H groups in total. The van der Waals surface area contributed by atoms with Gasteiger partial charge in [-0.05, 0) is 12.5 Å². The normalized spacial score (nSPS) is 12.2. The van der Waals surface area contributed by atoms with Crippen molar-refractivity contribution >= 4 is 15.4 Å². The molecule has 2 nitrogen and oxygen atoms in total. The first kappa shape index (κ1) is 9.21. The van der Waals surface area contributed by atoms with Gasteiger partial charge in [-0.3, -0.25) is 4.79 Å². The third-order valence-electron chi connectivity index (χ3n) is 1.77. The summed E-state index contributed by atoms with van der Waals surface area (Å²) >= 11 is 0. The van der Waals surface area contributed by atoms with Crippen LogP contribution >= 0.6 is 9.47 Å². The Hall–Kier alpha value is -0.880. The Labute approximate surface area is 74.2 Å². The van der Waals surface area contributed by atoms with Gasteiger partial charge < -0.3 is 4.52 Å². The van der Waals surface area contributed by atoms with E-state index in [1.165, 1.54) is 0 Å². The summed E-state index contributed by atoms with van der Waals surface area (Å²) in [5, 5.41) is 0. The van der Waals surface area contributed by atoms with E-state index in [2.05, 4.69) is 4.52 Å². The molecule has 3 heteroatoms. The number of hydrogen-bond donors (Lipinski definition) is 0. The SMILES string of the molecule is C[C@@H](C(=O)OP)c1ccccc1. The molecule has 0 aromatic heterocycles. The predicted molar refractivity (Wildman–Crippen MR) is 50.7 cm³/mol. The van der Waals surface area contributed by atoms with E-state index in [9.17, 15) is 4.79 Å². The average molecular weight is 182 g/mol. The van der Waals surface area contributed by atoms with Crippen LogP contribution < -0.4 is 0 Å². The lowest BCUT2D eigenvalue weighted by Crippen LogP contribution is -2.07. The number of benzene rings is 1. The van der Waals surface area contributed by atoms with Gasteiger partial charge in [-0.25, -0.2) is 0 Å². The second-order valence-electron chi connectivity index (χ2n) is 2.57. The second kappa shape index (κ2) is 4.22. The largest absolute Gasteiger partial charge is 0.451 e. The maximum absolute atomic E-state index is 11.1. The van der Waals surface area contributed by atoms with Crippen LogP contribution in [0.1, 0.15) is 18.4 Å². The van der Waals surface area contributed by atoms with Gasteiger partial charge in [-0.15, -0.1) is 0 Å². The van der Waals surface area contributed by atoms with Crippen LogP contribution in [0.25, 0.3) is 0 Å². The molecule has 0 saturated carbocycles. The van der Waals surface area contributed by atoms with Crippen LogP contribution in [0.3, 0.4) is 0 Å². The van der Waals surface area contributed by atoms with Crippen molar-refractivity contribution in [1.82, 2.24) is 0 Å². The summed E-state index contributed by atoms with van der Waals surface area (Å²) in [5.74, 6) is -0.421. The van der Waals surface area contributed by atoms with Crippen LogP contribution in [0.15, 0.2) is 30.3 Å². The third kappa shape index (κ3) is 2.05. The van der Waals surface area contributed by atoms with E-state index in [1.54, 1.807) is 0 Å². The molecule has 64 valence electrons. The fraction of sp³-hybridized carbons (Fsp3) is 0.222. The summed E-state index contributed by atoms with van der Waals surface area (Å²) in [6, 6.07) is 9.55. The topological polar surface area (TPSA) is 26.3 Å². The van der Waals surface area contributed by atoms with Crippen molar-refractivity contribution in [2.75, 3.05) is 0 Å². The van der Waals surface area contributed by atoms with Crippen LogP contribution in [0, 0.1) is 0 Å². The second-order valence-corrected chi connectivity index (χ2v) is 2.80. The van der Waals surface area contributed by atoms with Crippen molar-refractivity contribution in [3.8, 4) is 0 Å². The number of carbonyl (C=O) groups is 1. The Balaban J connectivity index is 2.78. The van der Waals surface area contributed by atoms with Crippen molar-refractivity contribution < 1.29 is 9.32 Å². The minimum absolute atomic E-state index is 0.191. The first-order valence-corrected chi connectivity index (χ1v) is 4.18. The van der Waals surface area contributed by atoms with Crippen LogP contribution in [-0.4, -0.2) is 5.97 Å². The van der Waals surface area contributed by atoms with Crippen molar-refractivity contribution in [2.45, 2.75) is 12.8 Å². The van der Waals surface area contributed by atoms with Gasteiger partial charge in [-0.1, -0.05) is 30.3 Å². The molecule has 0 aliphatic rings. The van der Waals surface area contributed by atoms with Gasteiger partial charge in [0.05, 0.1) is 15.4 Å². The minimum atomic E-state index is -0.230. The van der Waals surface area contributed by atoms with E-state index in [4.69, 9.17) is 0 Å². The van der Waals surface area contributed by atoms with Gasteiger partial charge >= 0.3 is 5.97 Å². The van der Waals surface area contributed by atoms with E-state index in [1.807, 2.05) is 46.7 Å². The standard InChI is InChI=1S/C9H11O2P/c1-7(9(10)11-12)8-5-3-2-4-6-8/h2-7H,12H2,1H3/t7-/m1/s1. The van der Waals surface area contributed by atoms with E-state index < -0.39 is 0 Å². The number of rotatable bonds is 2. The maximum atomic E-state index is 11.1. The highest BCUT2D eigenvalue weighted by atomic mass is 31.0. The zero-order valence-electron chi connectivity index (χ0n) is 6.86. The molecule has 0 saturated heterocycles. The van der Waals surface area contributed by atoms with E-state index in [0.29, 0.717) is 0 Å². The van der Waals surface area contributed by atoms with Crippen LogP contribution in [0.2, 0.25) is 0 Å². The van der Waals surface area contributed by atoms with Gasteiger partial charge in [0, 0.05) is 0 Å². The van der Waals surface area contributed by atoms with Gasteiger partial charge in [-0.2, -0.15) is 0 Å². The van der Waals surface area contributed by atoms with Gasteiger partial charge in [0.1, 0.15) is 0 Å². The first-order valence-electron chi connectivity index (χ1n) is 3.71. The molecule has 1 rings (SSSR count). The lowest BCUT2D eigenvalue weighted by atomic mass is 10.0. The smallest absolute Gasteiger partial charge is 0.315 e. The molecule has 0 aliphatic carbocycles. The summed E-state index contributed by atoms with van der Waals surface area (Å²) < 4.78 is 4.54. The Morgan fingerprint density at radius 3 is 2.50 bits per heavy atom. The molecule has 0 fully saturated rings. The van der Waals surface area contributed by atoms with Crippen molar-refractivity contribution in [2.24, 2.45) is 0 Å². The molecule has 0 radical (unpaired) electrons. The van der Waals surface area contributed by atoms with Crippen LogP contribution in [0.5, 0.6) is 0 Å². The van der Waals surface area contributed by atoms with Gasteiger partial charge in [0.2, 0.25) is 0 Å². The van der Waals surface area contributed by atoms with Crippen molar-refractivity contribution in [3.05, 3.63) is 35.9 Å². The summed E-state index contributed by atoms with van der Waals surface area (Å²) in [7, 11) is 1.96. The third-order valence-corrected chi connectivity index (χ3v) is 2.00. The van der Waals surface area contributed by atoms with E-state index in [0.717, 1.165) is 5.56 Å². The van der Waals surface area contributed by atoms with Crippen LogP contribution in [0.4, 0.5) is 0 Å². The predicted octanol–water partition coefficient (Wildman–Crippen LogP) is 2.12. The molecule has 12 heavy (non-hydrogen) atoms. The number of hydrogen-bond acceptors (Lipinski definition) is 2. The molecular formula is C9H11O2P. The highest BCUT2D eigenvalue weighted by Gasteiger charge is 2.14. The summed E-state index contributed by atoms with van der Waals surface area (Å²) in [4.78, 5) is 11.1. The molecule has 0 aliphatic heterocycles. The van der Waals surface area contributed by atoms with Crippen LogP contribution in [-0.2, 0) is 9.32 Å². The fourth-order valence-corrected chi connectivity index (χ4v) is 1.18. The quantitative estimate of drug-likeness (QED) is 0.655. The highest BCUT2D eigenvalue weighted by Crippen LogP contribution is 2.16. The Morgan fingerprint density at radius 2 is 2.00 bits per heavy atom. The summed E-state index contributed by atoms with van der Waals surface area (Å²) in [6.07, 6.45) is 0. The minimum Gasteiger partial charge on any atom is -0.451 e. The lowest BCUT2D eigenvalue weighted by molar-refractivity contribution is -0.134. The maximum Gasteiger partial charge on any atom is 0.315 e. The average Bonchev–Trinajstić information content (AvgIpc) is 2.17. The molecular weight excluding hydrogens is 171 g/mol. The van der Waals surface area contributed by atoms with E-state index >= 15 is 0 Å². The van der Waals surface area contributed by atoms with Gasteiger partial charge in [0.15, 0.2) is 0 Å². The molecule has 0 bridgehead atoms. The summed E-state index contributed by atoms with van der Waals surface area (Å²) in [5.41, 5.74) is 0.977. The van der Waals surface area contributed by atoms with Crippen molar-refractivity contribution in [3.63, 3.8) is 0 Å². The fourth-order valence-electron chi connectivity index (χ4n) is 0.980. The van der Waals surface area contributed by atoms with E-state index in [-0.39, 0.29) is 11.9 Å². The molecule has 0 spiro atoms. The van der Waals surface area contributed by atoms with Gasteiger partial charge in [0.25, 0.3) is 0 Å². The zero-order chi connectivity index (χ0) is 8.97. The molecule has 2 atom stereocenters.